The summed E-state index contributed by atoms with van der Waals surface area (Å²) in [4.78, 5) is 34.2. The highest BCUT2D eigenvalue weighted by molar-refractivity contribution is 5.83. The smallest absolute Gasteiger partial charge is 0.240 e. The van der Waals surface area contributed by atoms with Crippen LogP contribution in [0.4, 0.5) is 0 Å². The largest absolute Gasteiger partial charge is 0.497 e. The van der Waals surface area contributed by atoms with Gasteiger partial charge in [-0.3, -0.25) is 14.5 Å². The van der Waals surface area contributed by atoms with Crippen LogP contribution in [0.5, 0.6) is 17.2 Å². The van der Waals surface area contributed by atoms with E-state index in [4.69, 9.17) is 14.2 Å². The van der Waals surface area contributed by atoms with Crippen LogP contribution in [0.15, 0.2) is 36.4 Å². The van der Waals surface area contributed by atoms with E-state index in [9.17, 15) is 9.59 Å². The zero-order valence-corrected chi connectivity index (χ0v) is 24.9. The van der Waals surface area contributed by atoms with E-state index in [-0.39, 0.29) is 29.8 Å². The average Bonchev–Trinajstić information content (AvgIpc) is 3.39. The minimum absolute atomic E-state index is 0.0633. The van der Waals surface area contributed by atoms with Gasteiger partial charge in [-0.15, -0.1) is 0 Å². The van der Waals surface area contributed by atoms with Gasteiger partial charge in [0.15, 0.2) is 11.5 Å². The van der Waals surface area contributed by atoms with Gasteiger partial charge < -0.3 is 29.3 Å². The third-order valence-electron chi connectivity index (χ3n) is 9.04. The molecule has 2 aliphatic heterocycles. The van der Waals surface area contributed by atoms with Crippen LogP contribution >= 0.6 is 0 Å². The molecule has 2 aromatic rings. The predicted octanol–water partition coefficient (Wildman–Crippen LogP) is 3.22. The maximum atomic E-state index is 14.0. The second-order valence-corrected chi connectivity index (χ2v) is 11.4. The van der Waals surface area contributed by atoms with Gasteiger partial charge in [0.2, 0.25) is 11.8 Å². The van der Waals surface area contributed by atoms with Crippen molar-refractivity contribution in [1.82, 2.24) is 20.0 Å². The lowest BCUT2D eigenvalue weighted by Crippen LogP contribution is -2.52. The number of nitrogens with zero attached hydrogens (tertiary/aromatic N) is 3. The van der Waals surface area contributed by atoms with Crippen molar-refractivity contribution in [3.05, 3.63) is 53.1 Å². The van der Waals surface area contributed by atoms with Gasteiger partial charge in [0, 0.05) is 57.8 Å². The number of ether oxygens (including phenoxy) is 3. The van der Waals surface area contributed by atoms with E-state index in [1.54, 1.807) is 21.3 Å². The fourth-order valence-electron chi connectivity index (χ4n) is 6.39. The lowest BCUT2D eigenvalue weighted by Gasteiger charge is -2.35. The Balaban J connectivity index is 1.44. The monoisotopic (exact) mass is 564 g/mol. The molecule has 0 aromatic heterocycles. The number of methoxy groups -OCH3 is 3. The average molecular weight is 565 g/mol. The first-order valence-electron chi connectivity index (χ1n) is 14.8. The Morgan fingerprint density at radius 1 is 1.02 bits per heavy atom. The molecule has 1 saturated carbocycles. The van der Waals surface area contributed by atoms with Crippen molar-refractivity contribution < 1.29 is 23.8 Å². The third kappa shape index (κ3) is 6.31. The number of carbonyl (C=O) groups is 2. The van der Waals surface area contributed by atoms with Crippen LogP contribution in [-0.4, -0.2) is 92.7 Å². The Hall–Kier alpha value is -3.30. The lowest BCUT2D eigenvalue weighted by atomic mass is 9.84. The van der Waals surface area contributed by atoms with Gasteiger partial charge in [0.25, 0.3) is 0 Å². The van der Waals surface area contributed by atoms with E-state index in [0.29, 0.717) is 50.6 Å². The van der Waals surface area contributed by atoms with Crippen LogP contribution in [0.25, 0.3) is 0 Å². The summed E-state index contributed by atoms with van der Waals surface area (Å²) in [5, 5.41) is 3.35. The minimum atomic E-state index is -0.299. The first-order valence-corrected chi connectivity index (χ1v) is 14.8. The van der Waals surface area contributed by atoms with E-state index >= 15 is 0 Å². The fraction of sp³-hybridized carbons (Fsp3) is 0.562. The highest BCUT2D eigenvalue weighted by Crippen LogP contribution is 2.36. The van der Waals surface area contributed by atoms with Gasteiger partial charge in [-0.05, 0) is 61.1 Å². The molecule has 5 rings (SSSR count). The number of hydrogen-bond donors (Lipinski definition) is 1. The summed E-state index contributed by atoms with van der Waals surface area (Å²) in [7, 11) is 4.95. The molecule has 0 radical (unpaired) electrons. The Morgan fingerprint density at radius 3 is 2.46 bits per heavy atom. The molecule has 222 valence electrons. The molecular weight excluding hydrogens is 520 g/mol. The molecule has 1 aliphatic carbocycles. The molecule has 1 N–H and O–H groups in total. The van der Waals surface area contributed by atoms with Crippen LogP contribution < -0.4 is 19.5 Å². The molecule has 2 atom stereocenters. The molecule has 2 aromatic carbocycles. The topological polar surface area (TPSA) is 83.6 Å². The van der Waals surface area contributed by atoms with Crippen molar-refractivity contribution in [2.24, 2.45) is 5.92 Å². The zero-order chi connectivity index (χ0) is 28.9. The number of piperazine rings is 1. The molecule has 2 saturated heterocycles. The summed E-state index contributed by atoms with van der Waals surface area (Å²) < 4.78 is 16.6. The zero-order valence-electron chi connectivity index (χ0n) is 24.9. The Kier molecular flexibility index (Phi) is 9.35. The summed E-state index contributed by atoms with van der Waals surface area (Å²) in [5.41, 5.74) is 3.13. The molecule has 9 heteroatoms. The van der Waals surface area contributed by atoms with E-state index in [1.165, 1.54) is 0 Å². The molecule has 41 heavy (non-hydrogen) atoms. The minimum Gasteiger partial charge on any atom is -0.497 e. The van der Waals surface area contributed by atoms with E-state index in [2.05, 4.69) is 21.2 Å². The second-order valence-electron chi connectivity index (χ2n) is 11.4. The molecule has 9 nitrogen and oxygen atoms in total. The van der Waals surface area contributed by atoms with Gasteiger partial charge in [-0.25, -0.2) is 0 Å². The summed E-state index contributed by atoms with van der Waals surface area (Å²) in [6, 6.07) is 11.6. The van der Waals surface area contributed by atoms with Crippen molar-refractivity contribution in [1.29, 1.82) is 0 Å². The van der Waals surface area contributed by atoms with Crippen molar-refractivity contribution in [2.75, 3.05) is 54.1 Å². The fourth-order valence-corrected chi connectivity index (χ4v) is 6.39. The van der Waals surface area contributed by atoms with Gasteiger partial charge in [0.05, 0.1) is 27.4 Å². The number of amides is 2. The van der Waals surface area contributed by atoms with Crippen molar-refractivity contribution in [3.63, 3.8) is 0 Å². The molecule has 0 bridgehead atoms. The van der Waals surface area contributed by atoms with Crippen LogP contribution in [0.2, 0.25) is 0 Å². The molecule has 0 spiro atoms. The quantitative estimate of drug-likeness (QED) is 0.475. The van der Waals surface area contributed by atoms with Crippen LogP contribution in [0, 0.1) is 12.8 Å². The molecular formula is C32H44N4O5. The number of likely N-dealkylation sites (tertiary alicyclic amines) is 1. The van der Waals surface area contributed by atoms with Gasteiger partial charge in [0.1, 0.15) is 5.75 Å². The first kappa shape index (κ1) is 29.2. The van der Waals surface area contributed by atoms with E-state index in [1.807, 2.05) is 42.2 Å². The summed E-state index contributed by atoms with van der Waals surface area (Å²) in [5.74, 6) is 2.63. The first-order chi connectivity index (χ1) is 19.9. The van der Waals surface area contributed by atoms with Gasteiger partial charge in [-0.2, -0.15) is 0 Å². The second kappa shape index (κ2) is 13.1. The maximum absolute atomic E-state index is 14.0. The highest BCUT2D eigenvalue weighted by atomic mass is 16.5. The summed E-state index contributed by atoms with van der Waals surface area (Å²) in [6.45, 7) is 6.79. The number of hydrogen-bond acceptors (Lipinski definition) is 7. The highest BCUT2D eigenvalue weighted by Gasteiger charge is 2.44. The van der Waals surface area contributed by atoms with Crippen molar-refractivity contribution in [2.45, 2.75) is 57.8 Å². The maximum Gasteiger partial charge on any atom is 0.240 e. The molecule has 2 amide bonds. The van der Waals surface area contributed by atoms with E-state index < -0.39 is 0 Å². The van der Waals surface area contributed by atoms with Gasteiger partial charge in [-0.1, -0.05) is 24.6 Å². The molecule has 2 unspecified atom stereocenters. The molecule has 2 heterocycles. The molecule has 3 fully saturated rings. The third-order valence-corrected chi connectivity index (χ3v) is 9.04. The summed E-state index contributed by atoms with van der Waals surface area (Å²) in [6.07, 6.45) is 3.61. The van der Waals surface area contributed by atoms with Crippen LogP contribution in [-0.2, 0) is 22.7 Å². The van der Waals surface area contributed by atoms with E-state index in [0.717, 1.165) is 54.8 Å². The van der Waals surface area contributed by atoms with Crippen molar-refractivity contribution >= 4 is 11.8 Å². The lowest BCUT2D eigenvalue weighted by molar-refractivity contribution is -0.141. The Bertz CT molecular complexity index is 1230. The Morgan fingerprint density at radius 2 is 1.80 bits per heavy atom. The number of rotatable bonds is 10. The molecule has 3 aliphatic rings. The van der Waals surface area contributed by atoms with Crippen molar-refractivity contribution in [3.8, 4) is 17.2 Å². The number of carbonyl (C=O) groups excluding carboxylic acids is 2. The van der Waals surface area contributed by atoms with Gasteiger partial charge >= 0.3 is 0 Å². The normalized spacial score (nSPS) is 21.3. The Labute approximate surface area is 243 Å². The number of nitrogens with one attached hydrogen (secondary N) is 1. The SMILES string of the molecule is COc1cccc(CN(C(=O)C2CCC2)C2CC(C(=O)N3CCNCC3)N(Cc3ccc(OC)c(OC)c3C)C2)c1. The number of benzene rings is 2. The standard InChI is InChI=1S/C32H44N4O5/c1-22-25(11-12-29(40-3)30(22)41-4)20-35-21-26(18-28(35)32(38)34-15-13-33-14-16-34)36(31(37)24-8-6-9-24)19-23-7-5-10-27(17-23)39-2/h5,7,10-12,17,24,26,28,33H,6,8-9,13-16,18-21H2,1-4H3. The van der Waals surface area contributed by atoms with Crippen LogP contribution in [0.1, 0.15) is 42.4 Å². The summed E-state index contributed by atoms with van der Waals surface area (Å²) >= 11 is 0. The van der Waals surface area contributed by atoms with Crippen LogP contribution in [0.3, 0.4) is 0 Å². The predicted molar refractivity (Wildman–Crippen MR) is 157 cm³/mol.